The Morgan fingerprint density at radius 3 is 3.05 bits per heavy atom. The molecule has 0 aliphatic heterocycles. The summed E-state index contributed by atoms with van der Waals surface area (Å²) in [5.41, 5.74) is 5.54. The molecule has 98 valence electrons. The van der Waals surface area contributed by atoms with E-state index in [2.05, 4.69) is 37.6 Å². The van der Waals surface area contributed by atoms with Crippen LogP contribution < -0.4 is 5.32 Å². The van der Waals surface area contributed by atoms with Gasteiger partial charge in [-0.25, -0.2) is 4.98 Å². The molecule has 0 spiro atoms. The van der Waals surface area contributed by atoms with Crippen LogP contribution in [-0.4, -0.2) is 33.8 Å². The first-order chi connectivity index (χ1) is 9.28. The Balaban J connectivity index is 2.01. The summed E-state index contributed by atoms with van der Waals surface area (Å²) < 4.78 is 0. The van der Waals surface area contributed by atoms with Crippen molar-refractivity contribution in [1.82, 2.24) is 25.5 Å². The topological polar surface area (TPSA) is 69.4 Å². The van der Waals surface area contributed by atoms with Crippen LogP contribution in [0.25, 0.3) is 22.2 Å². The maximum atomic E-state index is 4.42. The molecule has 0 saturated carbocycles. The second-order valence-electron chi connectivity index (χ2n) is 4.67. The van der Waals surface area contributed by atoms with Crippen LogP contribution in [0.2, 0.25) is 0 Å². The molecule has 5 nitrogen and oxygen atoms in total. The summed E-state index contributed by atoms with van der Waals surface area (Å²) in [6.45, 7) is 2.90. The molecule has 0 radical (unpaired) electrons. The van der Waals surface area contributed by atoms with Crippen molar-refractivity contribution in [2.24, 2.45) is 0 Å². The van der Waals surface area contributed by atoms with E-state index in [1.165, 1.54) is 0 Å². The van der Waals surface area contributed by atoms with Crippen molar-refractivity contribution in [3.63, 3.8) is 0 Å². The van der Waals surface area contributed by atoms with Crippen molar-refractivity contribution in [3.05, 3.63) is 35.9 Å². The standard InChI is InChI=1S/C14H17N5/c1-9-17-13-4-3-10(7-14(13)18-9)11-8-16-19-12(11)5-6-15-2/h3-4,7-8,15H,5-6H2,1-2H3,(H,16,19)(H,17,18). The van der Waals surface area contributed by atoms with Gasteiger partial charge in [0.2, 0.25) is 0 Å². The summed E-state index contributed by atoms with van der Waals surface area (Å²) in [6.07, 6.45) is 2.82. The predicted molar refractivity (Wildman–Crippen MR) is 76.0 cm³/mol. The van der Waals surface area contributed by atoms with E-state index in [0.29, 0.717) is 0 Å². The molecular formula is C14H17N5. The SMILES string of the molecule is CNCCc1[nH]ncc1-c1ccc2nc(C)[nH]c2c1. The third-order valence-corrected chi connectivity index (χ3v) is 3.25. The smallest absolute Gasteiger partial charge is 0.104 e. The molecule has 19 heavy (non-hydrogen) atoms. The molecule has 5 heteroatoms. The minimum Gasteiger partial charge on any atom is -0.342 e. The number of benzene rings is 1. The van der Waals surface area contributed by atoms with E-state index >= 15 is 0 Å². The number of rotatable bonds is 4. The molecule has 0 aliphatic rings. The lowest BCUT2D eigenvalue weighted by Gasteiger charge is -2.03. The van der Waals surface area contributed by atoms with Crippen LogP contribution in [0.4, 0.5) is 0 Å². The fraction of sp³-hybridized carbons (Fsp3) is 0.286. The Bertz CT molecular complexity index is 695. The number of aryl methyl sites for hydroxylation is 1. The summed E-state index contributed by atoms with van der Waals surface area (Å²) in [7, 11) is 1.95. The molecule has 3 rings (SSSR count). The number of nitrogens with one attached hydrogen (secondary N) is 3. The molecular weight excluding hydrogens is 238 g/mol. The number of imidazole rings is 1. The van der Waals surface area contributed by atoms with Gasteiger partial charge < -0.3 is 10.3 Å². The van der Waals surface area contributed by atoms with Crippen molar-refractivity contribution in [2.75, 3.05) is 13.6 Å². The van der Waals surface area contributed by atoms with Gasteiger partial charge in [-0.15, -0.1) is 0 Å². The Morgan fingerprint density at radius 1 is 1.32 bits per heavy atom. The zero-order valence-electron chi connectivity index (χ0n) is 11.1. The lowest BCUT2D eigenvalue weighted by molar-refractivity contribution is 0.773. The highest BCUT2D eigenvalue weighted by Crippen LogP contribution is 2.25. The molecule has 0 aliphatic carbocycles. The van der Waals surface area contributed by atoms with Gasteiger partial charge in [0.25, 0.3) is 0 Å². The van der Waals surface area contributed by atoms with Gasteiger partial charge in [-0.3, -0.25) is 5.10 Å². The number of hydrogen-bond donors (Lipinski definition) is 3. The number of fused-ring (bicyclic) bond motifs is 1. The van der Waals surface area contributed by atoms with Gasteiger partial charge >= 0.3 is 0 Å². The van der Waals surface area contributed by atoms with Crippen LogP contribution >= 0.6 is 0 Å². The summed E-state index contributed by atoms with van der Waals surface area (Å²) in [5.74, 6) is 0.940. The van der Waals surface area contributed by atoms with Crippen molar-refractivity contribution >= 4 is 11.0 Å². The van der Waals surface area contributed by atoms with Gasteiger partial charge in [0.05, 0.1) is 17.2 Å². The molecule has 0 atom stereocenters. The van der Waals surface area contributed by atoms with Gasteiger partial charge in [-0.05, 0) is 31.7 Å². The number of likely N-dealkylation sites (N-methyl/N-ethyl adjacent to an activating group) is 1. The first-order valence-corrected chi connectivity index (χ1v) is 6.41. The minimum absolute atomic E-state index is 0.931. The quantitative estimate of drug-likeness (QED) is 0.668. The third kappa shape index (κ3) is 2.24. The van der Waals surface area contributed by atoms with E-state index in [-0.39, 0.29) is 0 Å². The first-order valence-electron chi connectivity index (χ1n) is 6.41. The normalized spacial score (nSPS) is 11.3. The van der Waals surface area contributed by atoms with Gasteiger partial charge in [-0.2, -0.15) is 5.10 Å². The van der Waals surface area contributed by atoms with Gasteiger partial charge in [-0.1, -0.05) is 6.07 Å². The Kier molecular flexibility index (Phi) is 3.05. The van der Waals surface area contributed by atoms with E-state index in [9.17, 15) is 0 Å². The maximum absolute atomic E-state index is 4.42. The zero-order valence-corrected chi connectivity index (χ0v) is 11.1. The van der Waals surface area contributed by atoms with Crippen LogP contribution in [0.5, 0.6) is 0 Å². The lowest BCUT2D eigenvalue weighted by Crippen LogP contribution is -2.11. The van der Waals surface area contributed by atoms with E-state index in [1.807, 2.05) is 26.2 Å². The average Bonchev–Trinajstić information content (AvgIpc) is 2.99. The van der Waals surface area contributed by atoms with E-state index in [4.69, 9.17) is 0 Å². The molecule has 0 fully saturated rings. The monoisotopic (exact) mass is 255 g/mol. The average molecular weight is 255 g/mol. The predicted octanol–water partition coefficient (Wildman–Crippen LogP) is 2.02. The van der Waals surface area contributed by atoms with Crippen LogP contribution in [0.1, 0.15) is 11.5 Å². The zero-order chi connectivity index (χ0) is 13.2. The third-order valence-electron chi connectivity index (χ3n) is 3.25. The Labute approximate surface area is 111 Å². The summed E-state index contributed by atoms with van der Waals surface area (Å²) in [4.78, 5) is 7.69. The van der Waals surface area contributed by atoms with Crippen LogP contribution in [0, 0.1) is 6.92 Å². The fourth-order valence-electron chi connectivity index (χ4n) is 2.31. The lowest BCUT2D eigenvalue weighted by atomic mass is 10.0. The van der Waals surface area contributed by atoms with E-state index < -0.39 is 0 Å². The first kappa shape index (κ1) is 11.9. The van der Waals surface area contributed by atoms with E-state index in [0.717, 1.165) is 46.6 Å². The van der Waals surface area contributed by atoms with Crippen LogP contribution in [0.15, 0.2) is 24.4 Å². The fourth-order valence-corrected chi connectivity index (χ4v) is 2.31. The molecule has 2 aromatic heterocycles. The van der Waals surface area contributed by atoms with Crippen LogP contribution in [0.3, 0.4) is 0 Å². The van der Waals surface area contributed by atoms with Crippen LogP contribution in [-0.2, 0) is 6.42 Å². The van der Waals surface area contributed by atoms with Crippen molar-refractivity contribution in [1.29, 1.82) is 0 Å². The van der Waals surface area contributed by atoms with Gasteiger partial charge in [0, 0.05) is 24.2 Å². The number of aromatic nitrogens is 4. The minimum atomic E-state index is 0.931. The molecule has 3 aromatic rings. The molecule has 0 bridgehead atoms. The highest BCUT2D eigenvalue weighted by Gasteiger charge is 2.09. The van der Waals surface area contributed by atoms with Gasteiger partial charge in [0.15, 0.2) is 0 Å². The summed E-state index contributed by atoms with van der Waals surface area (Å²) >= 11 is 0. The highest BCUT2D eigenvalue weighted by atomic mass is 15.1. The summed E-state index contributed by atoms with van der Waals surface area (Å²) in [6, 6.07) is 6.27. The summed E-state index contributed by atoms with van der Waals surface area (Å²) in [5, 5.41) is 10.4. The molecule has 0 unspecified atom stereocenters. The van der Waals surface area contributed by atoms with Crippen molar-refractivity contribution in [2.45, 2.75) is 13.3 Å². The highest BCUT2D eigenvalue weighted by molar-refractivity contribution is 5.82. The molecule has 0 amide bonds. The second kappa shape index (κ2) is 4.85. The number of nitrogens with zero attached hydrogens (tertiary/aromatic N) is 2. The van der Waals surface area contributed by atoms with E-state index in [1.54, 1.807) is 0 Å². The van der Waals surface area contributed by atoms with Crippen molar-refractivity contribution < 1.29 is 0 Å². The Morgan fingerprint density at radius 2 is 2.21 bits per heavy atom. The number of aromatic amines is 2. The molecule has 3 N–H and O–H groups in total. The maximum Gasteiger partial charge on any atom is 0.104 e. The second-order valence-corrected chi connectivity index (χ2v) is 4.67. The molecule has 2 heterocycles. The molecule has 0 saturated heterocycles. The Hall–Kier alpha value is -2.14. The largest absolute Gasteiger partial charge is 0.342 e. The molecule has 1 aromatic carbocycles. The number of H-pyrrole nitrogens is 2. The van der Waals surface area contributed by atoms with Crippen molar-refractivity contribution in [3.8, 4) is 11.1 Å². The van der Waals surface area contributed by atoms with Gasteiger partial charge in [0.1, 0.15) is 5.82 Å². The number of hydrogen-bond acceptors (Lipinski definition) is 3.